The lowest BCUT2D eigenvalue weighted by Crippen LogP contribution is -2.42. The molecule has 1 fully saturated rings. The summed E-state index contributed by atoms with van der Waals surface area (Å²) in [6, 6.07) is 3.64. The second-order valence-electron chi connectivity index (χ2n) is 4.42. The van der Waals surface area contributed by atoms with Gasteiger partial charge in [-0.3, -0.25) is 0 Å². The van der Waals surface area contributed by atoms with Crippen molar-refractivity contribution in [2.45, 2.75) is 19.4 Å². The Hall–Kier alpha value is -1.49. The minimum atomic E-state index is -0.206. The molecule has 2 unspecified atom stereocenters. The second kappa shape index (κ2) is 4.17. The number of hydrogen-bond acceptors (Lipinski definition) is 5. The van der Waals surface area contributed by atoms with Gasteiger partial charge >= 0.3 is 0 Å². The molecule has 1 saturated heterocycles. The smallest absolute Gasteiger partial charge is 0.149 e. The number of nitrogens with two attached hydrogens (primary N) is 2. The Balaban J connectivity index is 2.15. The maximum absolute atomic E-state index is 9.65. The van der Waals surface area contributed by atoms with Crippen molar-refractivity contribution in [1.29, 1.82) is 0 Å². The Morgan fingerprint density at radius 3 is 2.81 bits per heavy atom. The Labute approximate surface area is 95.1 Å². The molecule has 2 rings (SSSR count). The highest BCUT2D eigenvalue weighted by atomic mass is 16.3. The standard InChI is InChI=1S/C11H18N4O/c1-7-6-15(5-4-9(7)16)10-3-2-8(12)11(13)14-10/h2-3,7,9,16H,4-6,12H2,1H3,(H2,13,14). The SMILES string of the molecule is CC1CN(c2ccc(N)c(N)n2)CCC1O. The van der Waals surface area contributed by atoms with Gasteiger partial charge in [0.25, 0.3) is 0 Å². The van der Waals surface area contributed by atoms with Crippen molar-refractivity contribution in [3.63, 3.8) is 0 Å². The molecular formula is C11H18N4O. The molecule has 0 spiro atoms. The summed E-state index contributed by atoms with van der Waals surface area (Å²) in [5, 5.41) is 9.65. The number of anilines is 3. The molecule has 88 valence electrons. The van der Waals surface area contributed by atoms with E-state index in [2.05, 4.69) is 9.88 Å². The maximum Gasteiger partial charge on any atom is 0.149 e. The molecule has 0 saturated carbocycles. The van der Waals surface area contributed by atoms with Gasteiger partial charge in [-0.1, -0.05) is 6.92 Å². The highest BCUT2D eigenvalue weighted by Crippen LogP contribution is 2.24. The lowest BCUT2D eigenvalue weighted by Gasteiger charge is -2.35. The van der Waals surface area contributed by atoms with E-state index < -0.39 is 0 Å². The van der Waals surface area contributed by atoms with Crippen LogP contribution in [0.1, 0.15) is 13.3 Å². The van der Waals surface area contributed by atoms with E-state index >= 15 is 0 Å². The second-order valence-corrected chi connectivity index (χ2v) is 4.42. The van der Waals surface area contributed by atoms with Crippen molar-refractivity contribution >= 4 is 17.3 Å². The van der Waals surface area contributed by atoms with Crippen molar-refractivity contribution < 1.29 is 5.11 Å². The lowest BCUT2D eigenvalue weighted by atomic mass is 9.97. The van der Waals surface area contributed by atoms with E-state index in [0.29, 0.717) is 11.5 Å². The Morgan fingerprint density at radius 1 is 1.44 bits per heavy atom. The summed E-state index contributed by atoms with van der Waals surface area (Å²) in [6.07, 6.45) is 0.565. The fourth-order valence-corrected chi connectivity index (χ4v) is 1.99. The number of hydrogen-bond donors (Lipinski definition) is 3. The van der Waals surface area contributed by atoms with E-state index in [1.807, 2.05) is 13.0 Å². The Bertz CT molecular complexity index is 382. The molecule has 16 heavy (non-hydrogen) atoms. The Kier molecular flexibility index (Phi) is 2.87. The predicted molar refractivity (Wildman–Crippen MR) is 65.1 cm³/mol. The van der Waals surface area contributed by atoms with Crippen LogP contribution < -0.4 is 16.4 Å². The van der Waals surface area contributed by atoms with Gasteiger partial charge in [0.1, 0.15) is 11.6 Å². The molecule has 1 aliphatic heterocycles. The van der Waals surface area contributed by atoms with Gasteiger partial charge in [-0.25, -0.2) is 4.98 Å². The molecule has 2 heterocycles. The van der Waals surface area contributed by atoms with Crippen LogP contribution in [-0.4, -0.2) is 29.3 Å². The third-order valence-corrected chi connectivity index (χ3v) is 3.13. The minimum absolute atomic E-state index is 0.206. The number of pyridine rings is 1. The zero-order valence-electron chi connectivity index (χ0n) is 9.43. The van der Waals surface area contributed by atoms with Crippen molar-refractivity contribution in [3.05, 3.63) is 12.1 Å². The quantitative estimate of drug-likeness (QED) is 0.642. The molecular weight excluding hydrogens is 204 g/mol. The van der Waals surface area contributed by atoms with Gasteiger partial charge in [0.15, 0.2) is 0 Å². The topological polar surface area (TPSA) is 88.4 Å². The van der Waals surface area contributed by atoms with Crippen molar-refractivity contribution in [2.24, 2.45) is 5.92 Å². The van der Waals surface area contributed by atoms with Crippen LogP contribution in [0.25, 0.3) is 0 Å². The first-order valence-electron chi connectivity index (χ1n) is 5.53. The van der Waals surface area contributed by atoms with Gasteiger partial charge < -0.3 is 21.5 Å². The minimum Gasteiger partial charge on any atom is -0.396 e. The first kappa shape index (κ1) is 11.0. The van der Waals surface area contributed by atoms with E-state index in [0.717, 1.165) is 25.3 Å². The van der Waals surface area contributed by atoms with Crippen molar-refractivity contribution in [1.82, 2.24) is 4.98 Å². The molecule has 0 amide bonds. The van der Waals surface area contributed by atoms with E-state index in [4.69, 9.17) is 11.5 Å². The first-order valence-corrected chi connectivity index (χ1v) is 5.53. The molecule has 2 atom stereocenters. The summed E-state index contributed by atoms with van der Waals surface area (Å²) in [7, 11) is 0. The number of nitrogens with zero attached hydrogens (tertiary/aromatic N) is 2. The highest BCUT2D eigenvalue weighted by molar-refractivity contribution is 5.62. The monoisotopic (exact) mass is 222 g/mol. The van der Waals surface area contributed by atoms with E-state index in [9.17, 15) is 5.11 Å². The summed E-state index contributed by atoms with van der Waals surface area (Å²) < 4.78 is 0. The van der Waals surface area contributed by atoms with Crippen LogP contribution >= 0.6 is 0 Å². The molecule has 1 aromatic heterocycles. The van der Waals surface area contributed by atoms with Gasteiger partial charge in [0.2, 0.25) is 0 Å². The largest absolute Gasteiger partial charge is 0.396 e. The fraction of sp³-hybridized carbons (Fsp3) is 0.545. The van der Waals surface area contributed by atoms with E-state index in [-0.39, 0.29) is 12.0 Å². The summed E-state index contributed by atoms with van der Waals surface area (Å²) in [5.41, 5.74) is 11.8. The number of aromatic nitrogens is 1. The molecule has 5 heteroatoms. The predicted octanol–water partition coefficient (Wildman–Crippen LogP) is 0.453. The first-order chi connectivity index (χ1) is 7.58. The van der Waals surface area contributed by atoms with Gasteiger partial charge in [-0.15, -0.1) is 0 Å². The zero-order valence-corrected chi connectivity index (χ0v) is 9.43. The van der Waals surface area contributed by atoms with Gasteiger partial charge in [0, 0.05) is 13.1 Å². The van der Waals surface area contributed by atoms with Crippen LogP contribution in [0, 0.1) is 5.92 Å². The van der Waals surface area contributed by atoms with Crippen LogP contribution in [0.2, 0.25) is 0 Å². The van der Waals surface area contributed by atoms with Crippen molar-refractivity contribution in [3.8, 4) is 0 Å². The lowest BCUT2D eigenvalue weighted by molar-refractivity contribution is 0.0969. The fourth-order valence-electron chi connectivity index (χ4n) is 1.99. The molecule has 0 aliphatic carbocycles. The van der Waals surface area contributed by atoms with Gasteiger partial charge in [-0.2, -0.15) is 0 Å². The Morgan fingerprint density at radius 2 is 2.19 bits per heavy atom. The van der Waals surface area contributed by atoms with Crippen LogP contribution in [0.4, 0.5) is 17.3 Å². The van der Waals surface area contributed by atoms with Crippen LogP contribution in [0.5, 0.6) is 0 Å². The normalized spacial score (nSPS) is 25.8. The number of rotatable bonds is 1. The molecule has 1 aromatic rings. The number of aliphatic hydroxyl groups excluding tert-OH is 1. The van der Waals surface area contributed by atoms with E-state index in [1.54, 1.807) is 6.07 Å². The third-order valence-electron chi connectivity index (χ3n) is 3.13. The van der Waals surface area contributed by atoms with Crippen LogP contribution in [-0.2, 0) is 0 Å². The molecule has 5 nitrogen and oxygen atoms in total. The summed E-state index contributed by atoms with van der Waals surface area (Å²) in [5.74, 6) is 1.47. The maximum atomic E-state index is 9.65. The van der Waals surface area contributed by atoms with Crippen molar-refractivity contribution in [2.75, 3.05) is 29.5 Å². The molecule has 0 aromatic carbocycles. The molecule has 1 aliphatic rings. The molecule has 0 bridgehead atoms. The zero-order chi connectivity index (χ0) is 11.7. The average Bonchev–Trinajstić information content (AvgIpc) is 2.26. The van der Waals surface area contributed by atoms with Gasteiger partial charge in [-0.05, 0) is 24.5 Å². The summed E-state index contributed by atoms with van der Waals surface area (Å²) in [6.45, 7) is 3.65. The third kappa shape index (κ3) is 2.04. The average molecular weight is 222 g/mol. The summed E-state index contributed by atoms with van der Waals surface area (Å²) in [4.78, 5) is 6.39. The number of piperidine rings is 1. The van der Waals surface area contributed by atoms with E-state index in [1.165, 1.54) is 0 Å². The highest BCUT2D eigenvalue weighted by Gasteiger charge is 2.24. The van der Waals surface area contributed by atoms with Crippen LogP contribution in [0.15, 0.2) is 12.1 Å². The molecule has 5 N–H and O–H groups in total. The molecule has 0 radical (unpaired) electrons. The number of nitrogen functional groups attached to an aromatic ring is 2. The van der Waals surface area contributed by atoms with Crippen LogP contribution in [0.3, 0.4) is 0 Å². The number of aliphatic hydroxyl groups is 1. The summed E-state index contributed by atoms with van der Waals surface area (Å²) >= 11 is 0. The van der Waals surface area contributed by atoms with Gasteiger partial charge in [0.05, 0.1) is 11.8 Å².